The van der Waals surface area contributed by atoms with Gasteiger partial charge in [0.05, 0.1) is 0 Å². The maximum atomic E-state index is 6.45. The highest BCUT2D eigenvalue weighted by Gasteiger charge is 2.46. The zero-order valence-electron chi connectivity index (χ0n) is 18.1. The zero-order chi connectivity index (χ0) is 20.8. The van der Waals surface area contributed by atoms with Crippen LogP contribution in [0.1, 0.15) is 78.3 Å². The Morgan fingerprint density at radius 1 is 0.931 bits per heavy atom. The van der Waals surface area contributed by atoms with E-state index in [2.05, 4.69) is 81.2 Å². The van der Waals surface area contributed by atoms with Crippen molar-refractivity contribution in [3.05, 3.63) is 81.6 Å². The van der Waals surface area contributed by atoms with Crippen molar-refractivity contribution in [3.63, 3.8) is 0 Å². The summed E-state index contributed by atoms with van der Waals surface area (Å²) in [6.45, 7) is 10.5. The molecule has 4 nitrogen and oxygen atoms in total. The molecule has 29 heavy (non-hydrogen) atoms. The van der Waals surface area contributed by atoms with E-state index in [0.717, 1.165) is 19.3 Å². The summed E-state index contributed by atoms with van der Waals surface area (Å²) in [6, 6.07) is 13.5. The van der Waals surface area contributed by atoms with Crippen LogP contribution in [0.3, 0.4) is 0 Å². The molecule has 0 aliphatic heterocycles. The fourth-order valence-electron chi connectivity index (χ4n) is 4.77. The molecule has 0 saturated carbocycles. The van der Waals surface area contributed by atoms with Gasteiger partial charge in [0.2, 0.25) is 11.8 Å². The van der Waals surface area contributed by atoms with Gasteiger partial charge in [-0.25, -0.2) is 0 Å². The Bertz CT molecular complexity index is 979. The fourth-order valence-corrected chi connectivity index (χ4v) is 4.77. The van der Waals surface area contributed by atoms with Crippen molar-refractivity contribution in [2.45, 2.75) is 71.3 Å². The monoisotopic (exact) mass is 389 g/mol. The summed E-state index contributed by atoms with van der Waals surface area (Å²) in [5.41, 5.74) is 13.7. The maximum absolute atomic E-state index is 6.45. The van der Waals surface area contributed by atoms with Gasteiger partial charge in [-0.15, -0.1) is 10.2 Å². The van der Waals surface area contributed by atoms with Gasteiger partial charge < -0.3 is 10.2 Å². The highest BCUT2D eigenvalue weighted by molar-refractivity contribution is 5.55. The Hall–Kier alpha value is -2.46. The van der Waals surface area contributed by atoms with Crippen LogP contribution in [0.25, 0.3) is 0 Å². The molecule has 0 saturated heterocycles. The van der Waals surface area contributed by atoms with Crippen molar-refractivity contribution in [1.82, 2.24) is 10.2 Å². The number of hydrogen-bond acceptors (Lipinski definition) is 4. The molecule has 4 heteroatoms. The van der Waals surface area contributed by atoms with Crippen LogP contribution in [0.15, 0.2) is 40.8 Å². The molecule has 1 atom stereocenters. The second-order valence-electron chi connectivity index (χ2n) is 9.01. The van der Waals surface area contributed by atoms with E-state index in [1.165, 1.54) is 33.4 Å². The van der Waals surface area contributed by atoms with Crippen molar-refractivity contribution in [3.8, 4) is 0 Å². The Morgan fingerprint density at radius 3 is 1.93 bits per heavy atom. The van der Waals surface area contributed by atoms with Crippen LogP contribution in [0.4, 0.5) is 0 Å². The third-order valence-corrected chi connectivity index (χ3v) is 6.03. The second-order valence-corrected chi connectivity index (χ2v) is 9.01. The first-order chi connectivity index (χ1) is 13.8. The SMILES string of the molecule is Cc1ccc2c(c1)CCc1cc(C)ccc1C2(C[C@@H](C)N)c1nnc(C(C)C)o1. The normalized spacial score (nSPS) is 16.2. The first kappa shape index (κ1) is 19.8. The number of hydrogen-bond donors (Lipinski definition) is 1. The Balaban J connectivity index is 2.08. The van der Waals surface area contributed by atoms with Gasteiger partial charge in [-0.1, -0.05) is 61.4 Å². The van der Waals surface area contributed by atoms with Crippen molar-refractivity contribution in [2.24, 2.45) is 5.73 Å². The summed E-state index contributed by atoms with van der Waals surface area (Å²) in [7, 11) is 0. The van der Waals surface area contributed by atoms with E-state index in [9.17, 15) is 0 Å². The second kappa shape index (κ2) is 7.42. The molecule has 0 bridgehead atoms. The highest BCUT2D eigenvalue weighted by atomic mass is 16.4. The van der Waals surface area contributed by atoms with Crippen LogP contribution in [0.2, 0.25) is 0 Å². The summed E-state index contributed by atoms with van der Waals surface area (Å²) in [4.78, 5) is 0. The van der Waals surface area contributed by atoms with E-state index in [1.807, 2.05) is 0 Å². The van der Waals surface area contributed by atoms with Crippen LogP contribution in [-0.4, -0.2) is 16.2 Å². The lowest BCUT2D eigenvalue weighted by atomic mass is 9.68. The quantitative estimate of drug-likeness (QED) is 0.683. The lowest BCUT2D eigenvalue weighted by molar-refractivity contribution is 0.352. The van der Waals surface area contributed by atoms with Crippen molar-refractivity contribution >= 4 is 0 Å². The van der Waals surface area contributed by atoms with Gasteiger partial charge in [-0.3, -0.25) is 0 Å². The number of fused-ring (bicyclic) bond motifs is 2. The standard InChI is InChI=1S/C25H31N3O/c1-15(2)23-27-28-24(29-23)25(14-18(5)26)21-10-6-16(3)12-19(21)8-9-20-13-17(4)7-11-22(20)25/h6-7,10-13,15,18H,8-9,14,26H2,1-5H3/t18-/m1/s1. The van der Waals surface area contributed by atoms with E-state index in [4.69, 9.17) is 10.2 Å². The number of nitrogens with zero attached hydrogens (tertiary/aromatic N) is 2. The van der Waals surface area contributed by atoms with Gasteiger partial charge in [-0.2, -0.15) is 0 Å². The van der Waals surface area contributed by atoms with Crippen molar-refractivity contribution in [2.75, 3.05) is 0 Å². The molecule has 0 fully saturated rings. The molecule has 0 spiro atoms. The van der Waals surface area contributed by atoms with Gasteiger partial charge >= 0.3 is 0 Å². The van der Waals surface area contributed by atoms with E-state index in [1.54, 1.807) is 0 Å². The molecule has 0 radical (unpaired) electrons. The highest BCUT2D eigenvalue weighted by Crippen LogP contribution is 2.47. The lowest BCUT2D eigenvalue weighted by Crippen LogP contribution is -2.37. The molecule has 152 valence electrons. The summed E-state index contributed by atoms with van der Waals surface area (Å²) in [5, 5.41) is 9.00. The van der Waals surface area contributed by atoms with Crippen LogP contribution in [0.5, 0.6) is 0 Å². The minimum Gasteiger partial charge on any atom is -0.424 e. The summed E-state index contributed by atoms with van der Waals surface area (Å²) in [6.07, 6.45) is 2.72. The summed E-state index contributed by atoms with van der Waals surface area (Å²) in [5.74, 6) is 1.52. The average molecular weight is 390 g/mol. The van der Waals surface area contributed by atoms with E-state index >= 15 is 0 Å². The topological polar surface area (TPSA) is 64.9 Å². The zero-order valence-corrected chi connectivity index (χ0v) is 18.1. The fraction of sp³-hybridized carbons (Fsp3) is 0.440. The Labute approximate surface area is 173 Å². The average Bonchev–Trinajstić information content (AvgIpc) is 3.11. The van der Waals surface area contributed by atoms with Gasteiger partial charge in [0.1, 0.15) is 5.41 Å². The van der Waals surface area contributed by atoms with E-state index < -0.39 is 5.41 Å². The molecule has 4 rings (SSSR count). The molecule has 0 unspecified atom stereocenters. The largest absolute Gasteiger partial charge is 0.424 e. The van der Waals surface area contributed by atoms with Crippen molar-refractivity contribution < 1.29 is 4.42 Å². The number of rotatable bonds is 4. The molecule has 1 aliphatic carbocycles. The molecular weight excluding hydrogens is 358 g/mol. The molecule has 2 aromatic carbocycles. The third-order valence-electron chi connectivity index (χ3n) is 6.03. The number of aromatic nitrogens is 2. The van der Waals surface area contributed by atoms with E-state index in [-0.39, 0.29) is 12.0 Å². The molecule has 0 amide bonds. The van der Waals surface area contributed by atoms with Gasteiger partial charge in [0, 0.05) is 12.0 Å². The Kier molecular flexibility index (Phi) is 5.07. The smallest absolute Gasteiger partial charge is 0.231 e. The van der Waals surface area contributed by atoms with E-state index in [0.29, 0.717) is 11.8 Å². The predicted molar refractivity (Wildman–Crippen MR) is 116 cm³/mol. The number of benzene rings is 2. The third kappa shape index (κ3) is 3.40. The number of nitrogens with two attached hydrogens (primary N) is 1. The minimum absolute atomic E-state index is 0.0224. The predicted octanol–water partition coefficient (Wildman–Crippen LogP) is 4.98. The lowest BCUT2D eigenvalue weighted by Gasteiger charge is -2.35. The van der Waals surface area contributed by atoms with Crippen molar-refractivity contribution in [1.29, 1.82) is 0 Å². The van der Waals surface area contributed by atoms with Crippen LogP contribution in [-0.2, 0) is 18.3 Å². The summed E-state index contributed by atoms with van der Waals surface area (Å²) < 4.78 is 6.34. The Morgan fingerprint density at radius 2 is 1.48 bits per heavy atom. The number of aryl methyl sites for hydroxylation is 4. The first-order valence-corrected chi connectivity index (χ1v) is 10.6. The molecule has 2 N–H and O–H groups in total. The molecule has 1 heterocycles. The maximum Gasteiger partial charge on any atom is 0.231 e. The molecule has 3 aromatic rings. The van der Waals surface area contributed by atoms with Crippen LogP contribution >= 0.6 is 0 Å². The van der Waals surface area contributed by atoms with Crippen LogP contribution < -0.4 is 5.73 Å². The molecule has 1 aromatic heterocycles. The van der Waals surface area contributed by atoms with Gasteiger partial charge in [0.15, 0.2) is 0 Å². The van der Waals surface area contributed by atoms with Crippen LogP contribution in [0, 0.1) is 13.8 Å². The van der Waals surface area contributed by atoms with Gasteiger partial charge in [0.25, 0.3) is 0 Å². The first-order valence-electron chi connectivity index (χ1n) is 10.6. The molecule has 1 aliphatic rings. The summed E-state index contributed by atoms with van der Waals surface area (Å²) >= 11 is 0. The molecular formula is C25H31N3O. The van der Waals surface area contributed by atoms with Gasteiger partial charge in [-0.05, 0) is 62.3 Å². The minimum atomic E-state index is -0.531.